The van der Waals surface area contributed by atoms with Crippen LogP contribution in [0.4, 0.5) is 0 Å². The van der Waals surface area contributed by atoms with Crippen molar-refractivity contribution in [3.8, 4) is 5.69 Å². The van der Waals surface area contributed by atoms with Gasteiger partial charge >= 0.3 is 0 Å². The van der Waals surface area contributed by atoms with Gasteiger partial charge in [0, 0.05) is 16.6 Å². The number of aromatic nitrogens is 2. The molecule has 1 aromatic carbocycles. The topological polar surface area (TPSA) is 29.9 Å². The van der Waals surface area contributed by atoms with Gasteiger partial charge < -0.3 is 5.32 Å². The number of rotatable bonds is 4. The lowest BCUT2D eigenvalue weighted by molar-refractivity contribution is 0.703. The molecular formula is C16H16ClN3S. The Labute approximate surface area is 133 Å². The molecule has 2 heterocycles. The van der Waals surface area contributed by atoms with Crippen molar-refractivity contribution in [1.82, 2.24) is 15.1 Å². The normalized spacial score (nSPS) is 12.5. The fourth-order valence-corrected chi connectivity index (χ4v) is 3.74. The number of hydrogen-bond donors (Lipinski definition) is 1. The molecule has 5 heteroatoms. The Morgan fingerprint density at radius 3 is 2.67 bits per heavy atom. The van der Waals surface area contributed by atoms with Crippen LogP contribution in [-0.2, 0) is 0 Å². The number of para-hydroxylation sites is 1. The van der Waals surface area contributed by atoms with E-state index in [1.807, 2.05) is 61.4 Å². The van der Waals surface area contributed by atoms with Gasteiger partial charge in [-0.05, 0) is 37.0 Å². The molecule has 3 nitrogen and oxygen atoms in total. The van der Waals surface area contributed by atoms with E-state index in [4.69, 9.17) is 11.6 Å². The highest BCUT2D eigenvalue weighted by atomic mass is 35.5. The van der Waals surface area contributed by atoms with E-state index in [-0.39, 0.29) is 6.04 Å². The molecule has 1 N–H and O–H groups in total. The SMILES string of the molecule is CNC(c1cnn(-c2ccccc2)c1)c1scc(C)c1Cl. The highest BCUT2D eigenvalue weighted by Crippen LogP contribution is 2.35. The maximum absolute atomic E-state index is 6.40. The van der Waals surface area contributed by atoms with Crippen molar-refractivity contribution in [3.05, 3.63) is 69.1 Å². The molecule has 0 amide bonds. The van der Waals surface area contributed by atoms with E-state index in [0.717, 1.165) is 26.7 Å². The number of nitrogens with one attached hydrogen (secondary N) is 1. The smallest absolute Gasteiger partial charge is 0.0714 e. The zero-order valence-electron chi connectivity index (χ0n) is 11.9. The van der Waals surface area contributed by atoms with Gasteiger partial charge in [0.1, 0.15) is 0 Å². The van der Waals surface area contributed by atoms with E-state index in [0.29, 0.717) is 0 Å². The quantitative estimate of drug-likeness (QED) is 0.781. The van der Waals surface area contributed by atoms with E-state index >= 15 is 0 Å². The molecule has 1 atom stereocenters. The van der Waals surface area contributed by atoms with Gasteiger partial charge in [-0.2, -0.15) is 5.10 Å². The molecule has 3 rings (SSSR count). The highest BCUT2D eigenvalue weighted by Gasteiger charge is 2.20. The van der Waals surface area contributed by atoms with Crippen LogP contribution in [0.25, 0.3) is 5.69 Å². The Balaban J connectivity index is 1.96. The lowest BCUT2D eigenvalue weighted by atomic mass is 10.1. The predicted octanol–water partition coefficient (Wildman–Crippen LogP) is 4.20. The summed E-state index contributed by atoms with van der Waals surface area (Å²) in [6.07, 6.45) is 3.93. The Morgan fingerprint density at radius 1 is 1.29 bits per heavy atom. The highest BCUT2D eigenvalue weighted by molar-refractivity contribution is 7.10. The molecule has 0 radical (unpaired) electrons. The molecule has 0 aliphatic rings. The lowest BCUT2D eigenvalue weighted by Gasteiger charge is -2.13. The predicted molar refractivity (Wildman–Crippen MR) is 88.5 cm³/mol. The molecule has 2 aromatic heterocycles. The van der Waals surface area contributed by atoms with Gasteiger partial charge in [-0.1, -0.05) is 29.8 Å². The summed E-state index contributed by atoms with van der Waals surface area (Å²) in [6, 6.07) is 10.1. The van der Waals surface area contributed by atoms with Gasteiger partial charge in [0.15, 0.2) is 0 Å². The molecule has 0 aliphatic carbocycles. The van der Waals surface area contributed by atoms with Crippen LogP contribution >= 0.6 is 22.9 Å². The standard InChI is InChI=1S/C16H16ClN3S/c1-11-10-21-16(14(11)17)15(18-2)12-8-19-20(9-12)13-6-4-3-5-7-13/h3-10,15,18H,1-2H3. The lowest BCUT2D eigenvalue weighted by Crippen LogP contribution is -2.16. The summed E-state index contributed by atoms with van der Waals surface area (Å²) in [6.45, 7) is 2.03. The number of benzene rings is 1. The minimum Gasteiger partial charge on any atom is -0.309 e. The summed E-state index contributed by atoms with van der Waals surface area (Å²) in [5.74, 6) is 0. The largest absolute Gasteiger partial charge is 0.309 e. The summed E-state index contributed by atoms with van der Waals surface area (Å²) in [5.41, 5.74) is 3.27. The van der Waals surface area contributed by atoms with Crippen molar-refractivity contribution in [2.24, 2.45) is 0 Å². The molecule has 0 fully saturated rings. The molecule has 1 unspecified atom stereocenters. The van der Waals surface area contributed by atoms with Gasteiger partial charge in [-0.25, -0.2) is 4.68 Å². The van der Waals surface area contributed by atoms with Crippen LogP contribution in [0.2, 0.25) is 5.02 Å². The summed E-state index contributed by atoms with van der Waals surface area (Å²) in [7, 11) is 1.94. The summed E-state index contributed by atoms with van der Waals surface area (Å²) in [5, 5.41) is 10.7. The molecule has 0 saturated heterocycles. The monoisotopic (exact) mass is 317 g/mol. The minimum atomic E-state index is 0.0636. The third-order valence-electron chi connectivity index (χ3n) is 3.43. The van der Waals surface area contributed by atoms with Crippen molar-refractivity contribution in [3.63, 3.8) is 0 Å². The third kappa shape index (κ3) is 2.75. The van der Waals surface area contributed by atoms with E-state index in [1.165, 1.54) is 0 Å². The van der Waals surface area contributed by atoms with E-state index < -0.39 is 0 Å². The minimum absolute atomic E-state index is 0.0636. The fraction of sp³-hybridized carbons (Fsp3) is 0.188. The van der Waals surface area contributed by atoms with Crippen LogP contribution in [0.5, 0.6) is 0 Å². The van der Waals surface area contributed by atoms with Crippen LogP contribution in [0.15, 0.2) is 48.1 Å². The first-order valence-electron chi connectivity index (χ1n) is 6.71. The Bertz CT molecular complexity index is 733. The number of aryl methyl sites for hydroxylation is 1. The number of halogens is 1. The molecular weight excluding hydrogens is 302 g/mol. The Morgan fingerprint density at radius 2 is 2.05 bits per heavy atom. The first kappa shape index (κ1) is 14.3. The van der Waals surface area contributed by atoms with Crippen LogP contribution in [0.3, 0.4) is 0 Å². The van der Waals surface area contributed by atoms with Crippen molar-refractivity contribution in [1.29, 1.82) is 0 Å². The van der Waals surface area contributed by atoms with Crippen molar-refractivity contribution in [2.75, 3.05) is 7.05 Å². The second kappa shape index (κ2) is 6.02. The van der Waals surface area contributed by atoms with Gasteiger partial charge in [0.05, 0.1) is 22.9 Å². The molecule has 0 spiro atoms. The van der Waals surface area contributed by atoms with Gasteiger partial charge in [0.2, 0.25) is 0 Å². The number of nitrogens with zero attached hydrogens (tertiary/aromatic N) is 2. The van der Waals surface area contributed by atoms with Crippen LogP contribution in [0.1, 0.15) is 22.0 Å². The molecule has 0 aliphatic heterocycles. The fourth-order valence-electron chi connectivity index (χ4n) is 2.30. The average Bonchev–Trinajstić information content (AvgIpc) is 3.12. The average molecular weight is 318 g/mol. The molecule has 108 valence electrons. The van der Waals surface area contributed by atoms with Crippen LogP contribution in [-0.4, -0.2) is 16.8 Å². The molecule has 3 aromatic rings. The molecule has 21 heavy (non-hydrogen) atoms. The third-order valence-corrected chi connectivity index (χ3v) is 5.21. The van der Waals surface area contributed by atoms with E-state index in [2.05, 4.69) is 15.8 Å². The first-order valence-corrected chi connectivity index (χ1v) is 7.97. The van der Waals surface area contributed by atoms with Crippen molar-refractivity contribution >= 4 is 22.9 Å². The van der Waals surface area contributed by atoms with Crippen LogP contribution < -0.4 is 5.32 Å². The van der Waals surface area contributed by atoms with Crippen molar-refractivity contribution in [2.45, 2.75) is 13.0 Å². The van der Waals surface area contributed by atoms with Crippen LogP contribution in [0, 0.1) is 6.92 Å². The molecule has 0 saturated carbocycles. The second-order valence-electron chi connectivity index (χ2n) is 4.87. The maximum atomic E-state index is 6.40. The zero-order valence-corrected chi connectivity index (χ0v) is 13.4. The van der Waals surface area contributed by atoms with Crippen molar-refractivity contribution < 1.29 is 0 Å². The van der Waals surface area contributed by atoms with Gasteiger partial charge in [0.25, 0.3) is 0 Å². The van der Waals surface area contributed by atoms with E-state index in [1.54, 1.807) is 11.3 Å². The summed E-state index contributed by atoms with van der Waals surface area (Å²) >= 11 is 8.08. The maximum Gasteiger partial charge on any atom is 0.0714 e. The zero-order chi connectivity index (χ0) is 14.8. The Kier molecular flexibility index (Phi) is 4.10. The number of hydrogen-bond acceptors (Lipinski definition) is 3. The van der Waals surface area contributed by atoms with Gasteiger partial charge in [-0.3, -0.25) is 0 Å². The number of thiophene rings is 1. The summed E-state index contributed by atoms with van der Waals surface area (Å²) < 4.78 is 1.88. The molecule has 0 bridgehead atoms. The Hall–Kier alpha value is -1.62. The van der Waals surface area contributed by atoms with Gasteiger partial charge in [-0.15, -0.1) is 11.3 Å². The second-order valence-corrected chi connectivity index (χ2v) is 6.16. The first-order chi connectivity index (χ1) is 10.2. The van der Waals surface area contributed by atoms with E-state index in [9.17, 15) is 0 Å². The summed E-state index contributed by atoms with van der Waals surface area (Å²) in [4.78, 5) is 1.13.